The summed E-state index contributed by atoms with van der Waals surface area (Å²) >= 11 is 0. The number of carbonyl (C=O) groups excluding carboxylic acids is 1. The van der Waals surface area contributed by atoms with Gasteiger partial charge in [-0.3, -0.25) is 4.79 Å². The average Bonchev–Trinajstić information content (AvgIpc) is 3.18. The summed E-state index contributed by atoms with van der Waals surface area (Å²) in [7, 11) is 0. The van der Waals surface area contributed by atoms with Crippen LogP contribution in [0.25, 0.3) is 0 Å². The predicted octanol–water partition coefficient (Wildman–Crippen LogP) is 0.889. The molecule has 0 unspecified atom stereocenters. The number of benzene rings is 1. The van der Waals surface area contributed by atoms with Crippen molar-refractivity contribution in [1.29, 1.82) is 0 Å². The number of dihydropyridines is 1. The Balaban J connectivity index is 1.86. The lowest BCUT2D eigenvalue weighted by Gasteiger charge is -2.35. The van der Waals surface area contributed by atoms with Gasteiger partial charge in [0.15, 0.2) is 0 Å². The van der Waals surface area contributed by atoms with E-state index in [-0.39, 0.29) is 5.91 Å². The molecule has 4 aliphatic rings. The van der Waals surface area contributed by atoms with Crippen molar-refractivity contribution < 1.29 is 4.79 Å². The van der Waals surface area contributed by atoms with E-state index in [2.05, 4.69) is 27.3 Å². The quantitative estimate of drug-likeness (QED) is 0.570. The molecule has 5 rings (SSSR count). The van der Waals surface area contributed by atoms with Crippen molar-refractivity contribution in [2.75, 3.05) is 18.4 Å². The van der Waals surface area contributed by atoms with Gasteiger partial charge < -0.3 is 21.3 Å². The molecule has 1 spiro atoms. The molecule has 106 valence electrons. The molecule has 0 fully saturated rings. The zero-order valence-electron chi connectivity index (χ0n) is 11.5. The van der Waals surface area contributed by atoms with Crippen molar-refractivity contribution in [3.8, 4) is 0 Å². The van der Waals surface area contributed by atoms with E-state index in [0.717, 1.165) is 48.8 Å². The molecule has 5 heteroatoms. The number of fused-ring (bicyclic) bond motifs is 4. The Bertz CT molecular complexity index is 716. The summed E-state index contributed by atoms with van der Waals surface area (Å²) in [5.74, 6) is 2.11. The van der Waals surface area contributed by atoms with Gasteiger partial charge in [0, 0.05) is 18.8 Å². The van der Waals surface area contributed by atoms with Crippen LogP contribution in [0.1, 0.15) is 18.4 Å². The van der Waals surface area contributed by atoms with Gasteiger partial charge in [-0.25, -0.2) is 0 Å². The fourth-order valence-corrected chi connectivity index (χ4v) is 4.24. The van der Waals surface area contributed by atoms with Crippen LogP contribution in [-0.4, -0.2) is 19.0 Å². The molecule has 21 heavy (non-hydrogen) atoms. The molecule has 4 N–H and O–H groups in total. The molecular weight excluding hydrogens is 264 g/mol. The molecule has 0 aliphatic carbocycles. The maximum atomic E-state index is 13.0. The molecule has 1 amide bonds. The minimum Gasteiger partial charge on any atom is -0.371 e. The van der Waals surface area contributed by atoms with Crippen LogP contribution < -0.4 is 21.3 Å². The van der Waals surface area contributed by atoms with Crippen LogP contribution in [0, 0.1) is 0 Å². The van der Waals surface area contributed by atoms with Gasteiger partial charge >= 0.3 is 0 Å². The van der Waals surface area contributed by atoms with E-state index in [9.17, 15) is 4.79 Å². The minimum atomic E-state index is -0.612. The van der Waals surface area contributed by atoms with E-state index in [4.69, 9.17) is 0 Å². The molecule has 4 heterocycles. The summed E-state index contributed by atoms with van der Waals surface area (Å²) in [4.78, 5) is 13.0. The predicted molar refractivity (Wildman–Crippen MR) is 79.2 cm³/mol. The number of rotatable bonds is 0. The summed E-state index contributed by atoms with van der Waals surface area (Å²) < 4.78 is 0. The average molecular weight is 280 g/mol. The minimum absolute atomic E-state index is 0.0950. The van der Waals surface area contributed by atoms with Gasteiger partial charge in [0.2, 0.25) is 5.91 Å². The molecule has 0 radical (unpaired) electrons. The van der Waals surface area contributed by atoms with E-state index in [1.807, 2.05) is 18.2 Å². The Labute approximate surface area is 122 Å². The van der Waals surface area contributed by atoms with E-state index in [0.29, 0.717) is 0 Å². The van der Waals surface area contributed by atoms with Crippen LogP contribution in [-0.2, 0) is 10.2 Å². The monoisotopic (exact) mass is 280 g/mol. The second kappa shape index (κ2) is 3.61. The molecule has 5 nitrogen and oxygen atoms in total. The molecular formula is C16H16N4O. The number of amides is 1. The number of carbonyl (C=O) groups is 1. The van der Waals surface area contributed by atoms with Crippen molar-refractivity contribution in [2.45, 2.75) is 18.3 Å². The molecule has 0 aromatic heterocycles. The lowest BCUT2D eigenvalue weighted by atomic mass is 9.67. The number of hydrogen-bond acceptors (Lipinski definition) is 4. The topological polar surface area (TPSA) is 65.2 Å². The van der Waals surface area contributed by atoms with Gasteiger partial charge in [-0.2, -0.15) is 0 Å². The highest BCUT2D eigenvalue weighted by molar-refractivity contribution is 6.11. The first-order chi connectivity index (χ1) is 10.3. The Hall–Kier alpha value is -2.43. The van der Waals surface area contributed by atoms with Crippen molar-refractivity contribution in [2.24, 2.45) is 0 Å². The van der Waals surface area contributed by atoms with Gasteiger partial charge in [0.1, 0.15) is 17.1 Å². The summed E-state index contributed by atoms with van der Waals surface area (Å²) in [5.41, 5.74) is 3.81. The van der Waals surface area contributed by atoms with Crippen molar-refractivity contribution >= 4 is 11.6 Å². The fourth-order valence-electron chi connectivity index (χ4n) is 4.24. The highest BCUT2D eigenvalue weighted by Crippen LogP contribution is 2.53. The zero-order chi connectivity index (χ0) is 14.0. The SMILES string of the molecule is O=C1Nc2ccccc2C12C1=C(NCC1)NC1=C2CCN1. The third-order valence-electron chi connectivity index (χ3n) is 5.03. The Morgan fingerprint density at radius 3 is 2.29 bits per heavy atom. The Morgan fingerprint density at radius 1 is 0.905 bits per heavy atom. The highest BCUT2D eigenvalue weighted by Gasteiger charge is 2.57. The maximum absolute atomic E-state index is 13.0. The standard InChI is InChI=1S/C16H16N4O/c21-15-16(9-3-1-2-4-12(9)19-15)10-5-7-17-13(10)20-14-11(16)6-8-18-14/h1-4,17-18,20H,5-8H2,(H,19,21). The summed E-state index contributed by atoms with van der Waals surface area (Å²) in [5, 5.41) is 13.3. The molecule has 1 aromatic carbocycles. The lowest BCUT2D eigenvalue weighted by molar-refractivity contribution is -0.118. The van der Waals surface area contributed by atoms with Crippen LogP contribution in [0.2, 0.25) is 0 Å². The van der Waals surface area contributed by atoms with Gasteiger partial charge in [-0.15, -0.1) is 0 Å². The highest BCUT2D eigenvalue weighted by atomic mass is 16.2. The maximum Gasteiger partial charge on any atom is 0.243 e. The number of hydrogen-bond donors (Lipinski definition) is 4. The normalized spacial score (nSPS) is 24.1. The van der Waals surface area contributed by atoms with Crippen LogP contribution in [0.4, 0.5) is 5.69 Å². The van der Waals surface area contributed by atoms with E-state index in [1.165, 1.54) is 11.1 Å². The second-order valence-corrected chi connectivity index (χ2v) is 5.94. The number of anilines is 1. The van der Waals surface area contributed by atoms with Crippen molar-refractivity contribution in [1.82, 2.24) is 16.0 Å². The van der Waals surface area contributed by atoms with Crippen molar-refractivity contribution in [3.63, 3.8) is 0 Å². The van der Waals surface area contributed by atoms with Gasteiger partial charge in [0.05, 0.1) is 0 Å². The molecule has 0 saturated carbocycles. The van der Waals surface area contributed by atoms with Gasteiger partial charge in [-0.1, -0.05) is 18.2 Å². The summed E-state index contributed by atoms with van der Waals surface area (Å²) in [6.07, 6.45) is 1.81. The summed E-state index contributed by atoms with van der Waals surface area (Å²) in [6.45, 7) is 1.77. The van der Waals surface area contributed by atoms with Crippen molar-refractivity contribution in [3.05, 3.63) is 52.6 Å². The first-order valence-corrected chi connectivity index (χ1v) is 7.45. The van der Waals surface area contributed by atoms with Gasteiger partial charge in [0.25, 0.3) is 0 Å². The first-order valence-electron chi connectivity index (χ1n) is 7.45. The van der Waals surface area contributed by atoms with E-state index < -0.39 is 5.41 Å². The third kappa shape index (κ3) is 1.16. The fraction of sp³-hybridized carbons (Fsp3) is 0.312. The zero-order valence-corrected chi connectivity index (χ0v) is 11.5. The van der Waals surface area contributed by atoms with Crippen LogP contribution in [0.3, 0.4) is 0 Å². The summed E-state index contributed by atoms with van der Waals surface area (Å²) in [6, 6.07) is 8.08. The Morgan fingerprint density at radius 2 is 1.57 bits per heavy atom. The number of nitrogens with one attached hydrogen (secondary N) is 4. The van der Waals surface area contributed by atoms with E-state index in [1.54, 1.807) is 0 Å². The largest absolute Gasteiger partial charge is 0.371 e. The smallest absolute Gasteiger partial charge is 0.243 e. The van der Waals surface area contributed by atoms with E-state index >= 15 is 0 Å². The lowest BCUT2D eigenvalue weighted by Crippen LogP contribution is -2.45. The molecule has 4 aliphatic heterocycles. The van der Waals surface area contributed by atoms with Crippen LogP contribution in [0.15, 0.2) is 47.1 Å². The van der Waals surface area contributed by atoms with Crippen LogP contribution in [0.5, 0.6) is 0 Å². The molecule has 1 aromatic rings. The Kier molecular flexibility index (Phi) is 1.93. The first kappa shape index (κ1) is 11.3. The van der Waals surface area contributed by atoms with Crippen LogP contribution >= 0.6 is 0 Å². The number of para-hydroxylation sites is 1. The van der Waals surface area contributed by atoms with Gasteiger partial charge in [-0.05, 0) is 35.6 Å². The second-order valence-electron chi connectivity index (χ2n) is 5.94. The molecule has 0 atom stereocenters. The molecule has 0 bridgehead atoms. The third-order valence-corrected chi connectivity index (χ3v) is 5.03. The molecule has 0 saturated heterocycles.